The van der Waals surface area contributed by atoms with Crippen molar-refractivity contribution < 1.29 is 28.6 Å². The molecular weight excluding hydrogens is 853 g/mol. The van der Waals surface area contributed by atoms with Crippen LogP contribution in [-0.4, -0.2) is 37.2 Å². The molecule has 0 spiro atoms. The van der Waals surface area contributed by atoms with Crippen molar-refractivity contribution in [1.82, 2.24) is 0 Å². The van der Waals surface area contributed by atoms with Gasteiger partial charge in [0.2, 0.25) is 0 Å². The zero-order valence-electron chi connectivity index (χ0n) is 47.5. The monoisotopic (exact) mass is 975 g/mol. The first kappa shape index (κ1) is 67.4. The Balaban J connectivity index is 4.25. The molecule has 0 saturated heterocycles. The van der Waals surface area contributed by atoms with Gasteiger partial charge in [0.15, 0.2) is 6.10 Å². The number of carbonyl (C=O) groups is 3. The van der Waals surface area contributed by atoms with Crippen molar-refractivity contribution in [1.29, 1.82) is 0 Å². The average molecular weight is 976 g/mol. The van der Waals surface area contributed by atoms with Crippen LogP contribution in [-0.2, 0) is 28.6 Å². The minimum atomic E-state index is -0.764. The SMILES string of the molecule is CCCCCCCCCCCCCCCCCCCC(=O)OC[C@@H](COC(=O)CCCCCCCCCCC(C)CC)OC(=O)CCCCCCCCCCCCCCCCCCCCC(C)CC. The summed E-state index contributed by atoms with van der Waals surface area (Å²) in [5, 5.41) is 0. The third-order valence-electron chi connectivity index (χ3n) is 15.2. The Morgan fingerprint density at radius 3 is 0.754 bits per heavy atom. The van der Waals surface area contributed by atoms with E-state index in [1.54, 1.807) is 0 Å². The maximum atomic E-state index is 12.9. The molecule has 0 aliphatic rings. The standard InChI is InChI=1S/C63H122O6/c1-6-9-10-11-12-13-14-15-16-19-23-26-29-32-38-43-48-53-61(64)67-56-60(57-68-62(65)54-49-44-39-35-34-37-42-47-52-59(5)8-3)69-63(66)55-50-45-40-33-30-27-24-21-18-17-20-22-25-28-31-36-41-46-51-58(4)7-2/h58-60H,6-57H2,1-5H3/t58?,59?,60-/m0/s1. The number of hydrogen-bond acceptors (Lipinski definition) is 6. The first-order chi connectivity index (χ1) is 33.8. The van der Waals surface area contributed by atoms with E-state index < -0.39 is 6.10 Å². The summed E-state index contributed by atoms with van der Waals surface area (Å²) in [6, 6.07) is 0. The molecule has 0 rings (SSSR count). The second-order valence-corrected chi connectivity index (χ2v) is 22.2. The molecule has 0 radical (unpaired) electrons. The fourth-order valence-electron chi connectivity index (χ4n) is 9.69. The number of ether oxygens (including phenoxy) is 3. The third kappa shape index (κ3) is 54.0. The highest BCUT2D eigenvalue weighted by molar-refractivity contribution is 5.71. The summed E-state index contributed by atoms with van der Waals surface area (Å²) in [5.74, 6) is 0.921. The van der Waals surface area contributed by atoms with E-state index in [1.807, 2.05) is 0 Å². The summed E-state index contributed by atoms with van der Waals surface area (Å²) in [6.45, 7) is 11.5. The van der Waals surface area contributed by atoms with E-state index in [9.17, 15) is 14.4 Å². The first-order valence-electron chi connectivity index (χ1n) is 31.3. The number of carbonyl (C=O) groups excluding carboxylic acids is 3. The van der Waals surface area contributed by atoms with Crippen molar-refractivity contribution in [2.24, 2.45) is 11.8 Å². The van der Waals surface area contributed by atoms with Gasteiger partial charge < -0.3 is 14.2 Å². The molecule has 0 aromatic carbocycles. The van der Waals surface area contributed by atoms with Crippen molar-refractivity contribution in [3.63, 3.8) is 0 Å². The zero-order valence-corrected chi connectivity index (χ0v) is 47.5. The number of esters is 3. The quantitative estimate of drug-likeness (QED) is 0.0343. The van der Waals surface area contributed by atoms with Gasteiger partial charge in [0.25, 0.3) is 0 Å². The fraction of sp³-hybridized carbons (Fsp3) is 0.952. The van der Waals surface area contributed by atoms with Crippen molar-refractivity contribution in [2.75, 3.05) is 13.2 Å². The van der Waals surface area contributed by atoms with Crippen LogP contribution in [0.4, 0.5) is 0 Å². The van der Waals surface area contributed by atoms with Crippen LogP contribution in [0.15, 0.2) is 0 Å². The van der Waals surface area contributed by atoms with Gasteiger partial charge in [0.1, 0.15) is 13.2 Å². The highest BCUT2D eigenvalue weighted by Crippen LogP contribution is 2.19. The predicted molar refractivity (Wildman–Crippen MR) is 298 cm³/mol. The molecule has 0 aromatic heterocycles. The van der Waals surface area contributed by atoms with Crippen LogP contribution in [0.3, 0.4) is 0 Å². The smallest absolute Gasteiger partial charge is 0.306 e. The van der Waals surface area contributed by atoms with Gasteiger partial charge in [-0.25, -0.2) is 0 Å². The largest absolute Gasteiger partial charge is 0.462 e. The molecule has 410 valence electrons. The molecule has 0 aliphatic heterocycles. The highest BCUT2D eigenvalue weighted by atomic mass is 16.6. The second kappa shape index (κ2) is 55.7. The van der Waals surface area contributed by atoms with E-state index in [1.165, 1.54) is 244 Å². The predicted octanol–water partition coefficient (Wildman–Crippen LogP) is 20.8. The number of rotatable bonds is 57. The Hall–Kier alpha value is -1.59. The molecule has 6 heteroatoms. The van der Waals surface area contributed by atoms with Crippen LogP contribution >= 0.6 is 0 Å². The molecule has 0 heterocycles. The normalized spacial score (nSPS) is 12.8. The lowest BCUT2D eigenvalue weighted by Gasteiger charge is -2.18. The molecule has 0 saturated carbocycles. The van der Waals surface area contributed by atoms with Gasteiger partial charge in [-0.1, -0.05) is 317 Å². The molecule has 0 bridgehead atoms. The lowest BCUT2D eigenvalue weighted by atomic mass is 9.99. The van der Waals surface area contributed by atoms with Crippen LogP contribution < -0.4 is 0 Å². The molecule has 2 unspecified atom stereocenters. The third-order valence-corrected chi connectivity index (χ3v) is 15.2. The minimum absolute atomic E-state index is 0.0625. The molecule has 0 N–H and O–H groups in total. The lowest BCUT2D eigenvalue weighted by Crippen LogP contribution is -2.30. The van der Waals surface area contributed by atoms with Gasteiger partial charge in [-0.05, 0) is 31.1 Å². The summed E-state index contributed by atoms with van der Waals surface area (Å²) < 4.78 is 16.9. The van der Waals surface area contributed by atoms with Gasteiger partial charge in [0, 0.05) is 19.3 Å². The second-order valence-electron chi connectivity index (χ2n) is 22.2. The van der Waals surface area contributed by atoms with E-state index in [-0.39, 0.29) is 31.1 Å². The average Bonchev–Trinajstić information content (AvgIpc) is 3.35. The minimum Gasteiger partial charge on any atom is -0.462 e. The molecule has 0 fully saturated rings. The Bertz CT molecular complexity index is 1060. The molecule has 3 atom stereocenters. The van der Waals surface area contributed by atoms with Crippen LogP contribution in [0, 0.1) is 11.8 Å². The van der Waals surface area contributed by atoms with Gasteiger partial charge in [-0.3, -0.25) is 14.4 Å². The van der Waals surface area contributed by atoms with Gasteiger partial charge in [-0.15, -0.1) is 0 Å². The van der Waals surface area contributed by atoms with E-state index in [0.717, 1.165) is 69.6 Å². The van der Waals surface area contributed by atoms with Crippen molar-refractivity contribution in [3.8, 4) is 0 Å². The topological polar surface area (TPSA) is 78.9 Å². The van der Waals surface area contributed by atoms with E-state index >= 15 is 0 Å². The zero-order chi connectivity index (χ0) is 50.4. The molecule has 0 aromatic rings. The Morgan fingerprint density at radius 1 is 0.290 bits per heavy atom. The van der Waals surface area contributed by atoms with Crippen molar-refractivity contribution in [3.05, 3.63) is 0 Å². The molecular formula is C63H122O6. The molecule has 69 heavy (non-hydrogen) atoms. The van der Waals surface area contributed by atoms with Crippen LogP contribution in [0.1, 0.15) is 356 Å². The van der Waals surface area contributed by atoms with Crippen LogP contribution in [0.2, 0.25) is 0 Å². The molecule has 0 aliphatic carbocycles. The highest BCUT2D eigenvalue weighted by Gasteiger charge is 2.19. The Kier molecular flexibility index (Phi) is 54.4. The van der Waals surface area contributed by atoms with Crippen molar-refractivity contribution in [2.45, 2.75) is 362 Å². The summed E-state index contributed by atoms with van der Waals surface area (Å²) in [4.78, 5) is 38.2. The van der Waals surface area contributed by atoms with E-state index in [4.69, 9.17) is 14.2 Å². The van der Waals surface area contributed by atoms with Crippen LogP contribution in [0.5, 0.6) is 0 Å². The van der Waals surface area contributed by atoms with E-state index in [2.05, 4.69) is 34.6 Å². The maximum Gasteiger partial charge on any atom is 0.306 e. The van der Waals surface area contributed by atoms with Crippen molar-refractivity contribution >= 4 is 17.9 Å². The maximum absolute atomic E-state index is 12.9. The Labute approximate surface area is 431 Å². The Morgan fingerprint density at radius 2 is 0.507 bits per heavy atom. The lowest BCUT2D eigenvalue weighted by molar-refractivity contribution is -0.167. The van der Waals surface area contributed by atoms with E-state index in [0.29, 0.717) is 19.3 Å². The molecule has 0 amide bonds. The summed E-state index contributed by atoms with van der Waals surface area (Å²) in [6.07, 6.45) is 60.9. The number of unbranched alkanes of at least 4 members (excludes halogenated alkanes) is 40. The van der Waals surface area contributed by atoms with Gasteiger partial charge in [-0.2, -0.15) is 0 Å². The van der Waals surface area contributed by atoms with Crippen LogP contribution in [0.25, 0.3) is 0 Å². The summed E-state index contributed by atoms with van der Waals surface area (Å²) in [7, 11) is 0. The summed E-state index contributed by atoms with van der Waals surface area (Å²) in [5.41, 5.74) is 0. The first-order valence-corrected chi connectivity index (χ1v) is 31.3. The van der Waals surface area contributed by atoms with Gasteiger partial charge in [0.05, 0.1) is 0 Å². The molecule has 6 nitrogen and oxygen atoms in total. The van der Waals surface area contributed by atoms with Gasteiger partial charge >= 0.3 is 17.9 Å². The number of hydrogen-bond donors (Lipinski definition) is 0. The fourth-order valence-corrected chi connectivity index (χ4v) is 9.69. The summed E-state index contributed by atoms with van der Waals surface area (Å²) >= 11 is 0.